The fraction of sp³-hybridized carbons (Fsp3) is 0.412. The molecule has 2 aromatic rings. The zero-order chi connectivity index (χ0) is 14.9. The van der Waals surface area contributed by atoms with E-state index in [1.807, 2.05) is 12.1 Å². The Hall–Kier alpha value is -1.68. The molecule has 0 saturated carbocycles. The fourth-order valence-corrected chi connectivity index (χ4v) is 3.13. The van der Waals surface area contributed by atoms with Gasteiger partial charge in [0.2, 0.25) is 5.91 Å². The first-order valence-electron chi connectivity index (χ1n) is 7.59. The minimum absolute atomic E-state index is 0.00211. The van der Waals surface area contributed by atoms with E-state index < -0.39 is 0 Å². The van der Waals surface area contributed by atoms with Crippen LogP contribution in [0.5, 0.6) is 0 Å². The Bertz CT molecular complexity index is 604. The molecule has 0 unspecified atom stereocenters. The molecule has 3 nitrogen and oxygen atoms in total. The van der Waals surface area contributed by atoms with Crippen molar-refractivity contribution >= 4 is 33.5 Å². The Labute approximate surface area is 130 Å². The minimum atomic E-state index is 0.00211. The summed E-state index contributed by atoms with van der Waals surface area (Å²) in [5, 5.41) is 7.30. The highest BCUT2D eigenvalue weighted by Crippen LogP contribution is 2.24. The Balaban J connectivity index is 1.76. The largest absolute Gasteiger partial charge is 0.273 e. The van der Waals surface area contributed by atoms with Crippen molar-refractivity contribution in [3.63, 3.8) is 0 Å². The lowest BCUT2D eigenvalue weighted by Gasteiger charge is -2.00. The van der Waals surface area contributed by atoms with Crippen LogP contribution in [0.4, 0.5) is 0 Å². The standard InChI is InChI=1S/C17H22N2OS/c1-2-3-4-5-6-11-17(20)19-18-12-14-13-21-16-10-8-7-9-15(14)16/h7-10,12-13H,2-6,11H2,1H3,(H,19,20)/b18-12+. The van der Waals surface area contributed by atoms with Crippen molar-refractivity contribution in [2.75, 3.05) is 0 Å². The van der Waals surface area contributed by atoms with Gasteiger partial charge in [-0.25, -0.2) is 5.43 Å². The number of unbranched alkanes of at least 4 members (excludes halogenated alkanes) is 4. The highest BCUT2D eigenvalue weighted by atomic mass is 32.1. The van der Waals surface area contributed by atoms with E-state index in [1.54, 1.807) is 17.6 Å². The fourth-order valence-electron chi connectivity index (χ4n) is 2.22. The molecule has 1 heterocycles. The number of carbonyl (C=O) groups excluding carboxylic acids is 1. The van der Waals surface area contributed by atoms with Crippen molar-refractivity contribution in [3.05, 3.63) is 35.2 Å². The van der Waals surface area contributed by atoms with Gasteiger partial charge in [-0.15, -0.1) is 11.3 Å². The third-order valence-corrected chi connectivity index (χ3v) is 4.39. The number of hydrazone groups is 1. The summed E-state index contributed by atoms with van der Waals surface area (Å²) >= 11 is 1.69. The molecule has 0 atom stereocenters. The first-order valence-corrected chi connectivity index (χ1v) is 8.47. The zero-order valence-corrected chi connectivity index (χ0v) is 13.3. The quantitative estimate of drug-likeness (QED) is 0.428. The molecule has 4 heteroatoms. The van der Waals surface area contributed by atoms with E-state index in [4.69, 9.17) is 0 Å². The number of rotatable bonds is 8. The molecule has 1 amide bonds. The van der Waals surface area contributed by atoms with Crippen molar-refractivity contribution in [3.8, 4) is 0 Å². The maximum atomic E-state index is 11.6. The molecule has 0 radical (unpaired) electrons. The van der Waals surface area contributed by atoms with Crippen LogP contribution in [0.1, 0.15) is 51.0 Å². The zero-order valence-electron chi connectivity index (χ0n) is 12.5. The van der Waals surface area contributed by atoms with E-state index in [0.29, 0.717) is 6.42 Å². The minimum Gasteiger partial charge on any atom is -0.273 e. The van der Waals surface area contributed by atoms with Gasteiger partial charge >= 0.3 is 0 Å². The molecule has 112 valence electrons. The first kappa shape index (κ1) is 15.7. The molecule has 1 N–H and O–H groups in total. The van der Waals surface area contributed by atoms with Crippen LogP contribution in [-0.2, 0) is 4.79 Å². The second kappa shape index (κ2) is 8.57. The van der Waals surface area contributed by atoms with Crippen molar-refractivity contribution in [2.24, 2.45) is 5.10 Å². The van der Waals surface area contributed by atoms with E-state index in [-0.39, 0.29) is 5.91 Å². The number of hydrogen-bond donors (Lipinski definition) is 1. The molecular formula is C17H22N2OS. The Morgan fingerprint density at radius 2 is 2.05 bits per heavy atom. The molecule has 1 aromatic heterocycles. The first-order chi connectivity index (χ1) is 10.3. The van der Waals surface area contributed by atoms with Crippen LogP contribution in [0.3, 0.4) is 0 Å². The number of nitrogens with one attached hydrogen (secondary N) is 1. The van der Waals surface area contributed by atoms with Gasteiger partial charge in [-0.1, -0.05) is 50.8 Å². The summed E-state index contributed by atoms with van der Waals surface area (Å²) in [4.78, 5) is 11.6. The van der Waals surface area contributed by atoms with Gasteiger partial charge in [-0.2, -0.15) is 5.10 Å². The third-order valence-electron chi connectivity index (χ3n) is 3.41. The van der Waals surface area contributed by atoms with Gasteiger partial charge in [-0.3, -0.25) is 4.79 Å². The molecule has 0 aliphatic carbocycles. The van der Waals surface area contributed by atoms with Gasteiger partial charge in [-0.05, 0) is 12.5 Å². The topological polar surface area (TPSA) is 41.5 Å². The number of amides is 1. The van der Waals surface area contributed by atoms with E-state index in [1.165, 1.54) is 29.3 Å². The van der Waals surface area contributed by atoms with Crippen molar-refractivity contribution in [2.45, 2.75) is 45.4 Å². The molecular weight excluding hydrogens is 280 g/mol. The Morgan fingerprint density at radius 1 is 1.24 bits per heavy atom. The number of carbonyl (C=O) groups is 1. The molecule has 0 fully saturated rings. The normalized spacial score (nSPS) is 11.3. The summed E-state index contributed by atoms with van der Waals surface area (Å²) < 4.78 is 1.24. The third kappa shape index (κ3) is 4.97. The summed E-state index contributed by atoms with van der Waals surface area (Å²) in [7, 11) is 0. The van der Waals surface area contributed by atoms with Gasteiger partial charge in [0.05, 0.1) is 6.21 Å². The average molecular weight is 302 g/mol. The molecule has 2 rings (SSSR count). The maximum absolute atomic E-state index is 11.6. The molecule has 0 saturated heterocycles. The smallest absolute Gasteiger partial charge is 0.240 e. The predicted molar refractivity (Wildman–Crippen MR) is 90.9 cm³/mol. The van der Waals surface area contributed by atoms with Crippen molar-refractivity contribution in [1.29, 1.82) is 0 Å². The molecule has 0 bridgehead atoms. The van der Waals surface area contributed by atoms with Crippen LogP contribution in [0.25, 0.3) is 10.1 Å². The number of nitrogens with zero attached hydrogens (tertiary/aromatic N) is 1. The van der Waals surface area contributed by atoms with Crippen molar-refractivity contribution in [1.82, 2.24) is 5.43 Å². The van der Waals surface area contributed by atoms with Crippen molar-refractivity contribution < 1.29 is 4.79 Å². The van der Waals surface area contributed by atoms with Gasteiger partial charge in [0.1, 0.15) is 0 Å². The maximum Gasteiger partial charge on any atom is 0.240 e. The number of benzene rings is 1. The Morgan fingerprint density at radius 3 is 2.90 bits per heavy atom. The summed E-state index contributed by atoms with van der Waals surface area (Å²) in [6.45, 7) is 2.19. The number of hydrogen-bond acceptors (Lipinski definition) is 3. The van der Waals surface area contributed by atoms with Crippen LogP contribution in [-0.4, -0.2) is 12.1 Å². The molecule has 21 heavy (non-hydrogen) atoms. The summed E-state index contributed by atoms with van der Waals surface area (Å²) in [6.07, 6.45) is 8.06. The van der Waals surface area contributed by atoms with Gasteiger partial charge < -0.3 is 0 Å². The lowest BCUT2D eigenvalue weighted by Crippen LogP contribution is -2.16. The molecule has 1 aromatic carbocycles. The second-order valence-electron chi connectivity index (χ2n) is 5.14. The predicted octanol–water partition coefficient (Wildman–Crippen LogP) is 4.71. The molecule has 0 spiro atoms. The highest BCUT2D eigenvalue weighted by molar-refractivity contribution is 7.17. The SMILES string of the molecule is CCCCCCCC(=O)N/N=C/c1csc2ccccc12. The molecule has 0 aliphatic heterocycles. The van der Waals surface area contributed by atoms with Gasteiger partial charge in [0.15, 0.2) is 0 Å². The summed E-state index contributed by atoms with van der Waals surface area (Å²) in [5.41, 5.74) is 3.67. The lowest BCUT2D eigenvalue weighted by atomic mass is 10.1. The van der Waals surface area contributed by atoms with Crippen LogP contribution < -0.4 is 5.43 Å². The van der Waals surface area contributed by atoms with E-state index in [2.05, 4.69) is 35.0 Å². The van der Waals surface area contributed by atoms with Gasteiger partial charge in [0.25, 0.3) is 0 Å². The summed E-state index contributed by atoms with van der Waals surface area (Å²) in [5.74, 6) is 0.00211. The van der Waals surface area contributed by atoms with Crippen LogP contribution in [0.2, 0.25) is 0 Å². The van der Waals surface area contributed by atoms with E-state index in [9.17, 15) is 4.79 Å². The molecule has 0 aliphatic rings. The summed E-state index contributed by atoms with van der Waals surface area (Å²) in [6, 6.07) is 8.20. The van der Waals surface area contributed by atoms with E-state index >= 15 is 0 Å². The lowest BCUT2D eigenvalue weighted by molar-refractivity contribution is -0.121. The highest BCUT2D eigenvalue weighted by Gasteiger charge is 2.01. The van der Waals surface area contributed by atoms with Crippen LogP contribution in [0.15, 0.2) is 34.7 Å². The average Bonchev–Trinajstić information content (AvgIpc) is 2.91. The Kier molecular flexibility index (Phi) is 6.41. The van der Waals surface area contributed by atoms with E-state index in [0.717, 1.165) is 18.4 Å². The van der Waals surface area contributed by atoms with Crippen LogP contribution in [0, 0.1) is 0 Å². The monoisotopic (exact) mass is 302 g/mol. The van der Waals surface area contributed by atoms with Crippen LogP contribution >= 0.6 is 11.3 Å². The van der Waals surface area contributed by atoms with Gasteiger partial charge in [0, 0.05) is 27.5 Å². The number of fused-ring (bicyclic) bond motifs is 1. The number of thiophene rings is 1. The second-order valence-corrected chi connectivity index (χ2v) is 6.06.